The van der Waals surface area contributed by atoms with Crippen molar-refractivity contribution in [2.45, 2.75) is 13.0 Å². The molecule has 2 rings (SSSR count). The summed E-state index contributed by atoms with van der Waals surface area (Å²) in [7, 11) is 0. The second-order valence-corrected chi connectivity index (χ2v) is 3.58. The van der Waals surface area contributed by atoms with E-state index in [1.54, 1.807) is 37.3 Å². The predicted octanol–water partition coefficient (Wildman–Crippen LogP) is 1.24. The highest BCUT2D eigenvalue weighted by molar-refractivity contribution is 6.18. The number of hydrogen-bond acceptors (Lipinski definition) is 4. The van der Waals surface area contributed by atoms with Crippen molar-refractivity contribution in [3.63, 3.8) is 0 Å². The van der Waals surface area contributed by atoms with Gasteiger partial charge in [-0.25, -0.2) is 9.69 Å². The number of hydrogen-bond donors (Lipinski definition) is 0. The fourth-order valence-corrected chi connectivity index (χ4v) is 1.65. The number of amides is 2. The number of Topliss-reactive ketones (excluding diaryl/α,β-unsaturated/α-hetero) is 1. The Hall–Kier alpha value is -2.17. The molecule has 0 saturated carbocycles. The molecule has 1 saturated heterocycles. The minimum Gasteiger partial charge on any atom is -0.427 e. The smallest absolute Gasteiger partial charge is 0.417 e. The third-order valence-corrected chi connectivity index (χ3v) is 2.54. The van der Waals surface area contributed by atoms with Gasteiger partial charge in [-0.2, -0.15) is 0 Å². The van der Waals surface area contributed by atoms with Crippen LogP contribution in [0.3, 0.4) is 0 Å². The molecular weight excluding hydrogens is 222 g/mol. The first kappa shape index (κ1) is 11.3. The molecule has 0 radical (unpaired) electrons. The van der Waals surface area contributed by atoms with E-state index in [0.717, 1.165) is 4.90 Å². The standard InChI is InChI=1S/C12H11NO4/c1-2-13-11(15)10(17-12(13)16)9(14)8-6-4-3-5-7-8/h3-7,10H,2H2,1H3. The predicted molar refractivity (Wildman–Crippen MR) is 58.4 cm³/mol. The van der Waals surface area contributed by atoms with Crippen LogP contribution in [-0.2, 0) is 9.53 Å². The normalized spacial score (nSPS) is 19.4. The second kappa shape index (κ2) is 4.37. The quantitative estimate of drug-likeness (QED) is 0.582. The summed E-state index contributed by atoms with van der Waals surface area (Å²) in [4.78, 5) is 35.9. The van der Waals surface area contributed by atoms with Crippen molar-refractivity contribution >= 4 is 17.8 Å². The zero-order valence-corrected chi connectivity index (χ0v) is 9.25. The van der Waals surface area contributed by atoms with E-state index in [2.05, 4.69) is 0 Å². The Balaban J connectivity index is 2.23. The van der Waals surface area contributed by atoms with E-state index in [4.69, 9.17) is 4.74 Å². The van der Waals surface area contributed by atoms with Crippen molar-refractivity contribution in [2.24, 2.45) is 0 Å². The third-order valence-electron chi connectivity index (χ3n) is 2.54. The maximum absolute atomic E-state index is 11.9. The first-order valence-electron chi connectivity index (χ1n) is 5.26. The van der Waals surface area contributed by atoms with Crippen LogP contribution in [0.2, 0.25) is 0 Å². The Morgan fingerprint density at radius 3 is 2.47 bits per heavy atom. The third kappa shape index (κ3) is 1.91. The van der Waals surface area contributed by atoms with Crippen molar-refractivity contribution in [2.75, 3.05) is 6.54 Å². The lowest BCUT2D eigenvalue weighted by Crippen LogP contribution is -2.34. The van der Waals surface area contributed by atoms with Gasteiger partial charge in [0.2, 0.25) is 11.9 Å². The minimum absolute atomic E-state index is 0.205. The molecule has 2 amide bonds. The van der Waals surface area contributed by atoms with Crippen LogP contribution < -0.4 is 0 Å². The average Bonchev–Trinajstić information content (AvgIpc) is 2.64. The van der Waals surface area contributed by atoms with Crippen LogP contribution in [0, 0.1) is 0 Å². The van der Waals surface area contributed by atoms with E-state index in [-0.39, 0.29) is 6.54 Å². The largest absolute Gasteiger partial charge is 0.427 e. The Morgan fingerprint density at radius 2 is 1.94 bits per heavy atom. The Labute approximate surface area is 98.0 Å². The monoisotopic (exact) mass is 233 g/mol. The van der Waals surface area contributed by atoms with E-state index >= 15 is 0 Å². The maximum atomic E-state index is 11.9. The fourth-order valence-electron chi connectivity index (χ4n) is 1.65. The van der Waals surface area contributed by atoms with E-state index in [1.807, 2.05) is 0 Å². The number of carbonyl (C=O) groups is 3. The highest BCUT2D eigenvalue weighted by Crippen LogP contribution is 2.17. The number of rotatable bonds is 3. The van der Waals surface area contributed by atoms with Crippen LogP contribution in [0.1, 0.15) is 17.3 Å². The summed E-state index contributed by atoms with van der Waals surface area (Å²) in [6.07, 6.45) is -2.09. The van der Waals surface area contributed by atoms with Crippen molar-refractivity contribution in [3.05, 3.63) is 35.9 Å². The van der Waals surface area contributed by atoms with Crippen LogP contribution in [-0.4, -0.2) is 35.3 Å². The van der Waals surface area contributed by atoms with Gasteiger partial charge in [0.15, 0.2) is 0 Å². The summed E-state index contributed by atoms with van der Waals surface area (Å²) < 4.78 is 4.78. The van der Waals surface area contributed by atoms with Crippen molar-refractivity contribution < 1.29 is 19.1 Å². The van der Waals surface area contributed by atoms with Crippen molar-refractivity contribution in [1.82, 2.24) is 4.90 Å². The van der Waals surface area contributed by atoms with Crippen LogP contribution in [0.25, 0.3) is 0 Å². The number of nitrogens with zero attached hydrogens (tertiary/aromatic N) is 1. The van der Waals surface area contributed by atoms with Gasteiger partial charge in [0, 0.05) is 12.1 Å². The van der Waals surface area contributed by atoms with Gasteiger partial charge < -0.3 is 4.74 Å². The van der Waals surface area contributed by atoms with Gasteiger partial charge in [-0.1, -0.05) is 30.3 Å². The lowest BCUT2D eigenvalue weighted by atomic mass is 10.1. The molecule has 0 N–H and O–H groups in total. The highest BCUT2D eigenvalue weighted by Gasteiger charge is 2.44. The fraction of sp³-hybridized carbons (Fsp3) is 0.250. The second-order valence-electron chi connectivity index (χ2n) is 3.58. The lowest BCUT2D eigenvalue weighted by Gasteiger charge is -2.06. The lowest BCUT2D eigenvalue weighted by molar-refractivity contribution is -0.128. The molecule has 1 heterocycles. The van der Waals surface area contributed by atoms with Gasteiger partial charge in [-0.05, 0) is 6.92 Å². The van der Waals surface area contributed by atoms with Gasteiger partial charge >= 0.3 is 6.09 Å². The molecule has 1 aliphatic rings. The average molecular weight is 233 g/mol. The van der Waals surface area contributed by atoms with Gasteiger partial charge in [0.05, 0.1) is 0 Å². The number of carbonyl (C=O) groups excluding carboxylic acids is 3. The molecule has 0 spiro atoms. The van der Waals surface area contributed by atoms with E-state index < -0.39 is 23.9 Å². The Morgan fingerprint density at radius 1 is 1.29 bits per heavy atom. The summed E-state index contributed by atoms with van der Waals surface area (Å²) in [5.74, 6) is -1.08. The molecule has 0 bridgehead atoms. The molecule has 1 aromatic rings. The zero-order valence-electron chi connectivity index (χ0n) is 9.25. The molecule has 1 aromatic carbocycles. The van der Waals surface area contributed by atoms with Gasteiger partial charge in [-0.15, -0.1) is 0 Å². The number of ketones is 1. The Bertz CT molecular complexity index is 469. The van der Waals surface area contributed by atoms with Gasteiger partial charge in [0.25, 0.3) is 5.91 Å². The molecule has 0 aliphatic carbocycles. The summed E-state index contributed by atoms with van der Waals surface area (Å²) in [5.41, 5.74) is 0.358. The summed E-state index contributed by atoms with van der Waals surface area (Å²) in [5, 5.41) is 0. The number of cyclic esters (lactones) is 1. The van der Waals surface area contributed by atoms with Crippen LogP contribution in [0.4, 0.5) is 4.79 Å². The molecule has 5 nitrogen and oxygen atoms in total. The topological polar surface area (TPSA) is 63.7 Å². The molecule has 88 valence electrons. The molecule has 0 aromatic heterocycles. The molecule has 1 aliphatic heterocycles. The van der Waals surface area contributed by atoms with Gasteiger partial charge in [0.1, 0.15) is 0 Å². The maximum Gasteiger partial charge on any atom is 0.417 e. The molecule has 1 fully saturated rings. The van der Waals surface area contributed by atoms with Crippen LogP contribution in [0.5, 0.6) is 0 Å². The zero-order chi connectivity index (χ0) is 12.4. The number of imide groups is 1. The highest BCUT2D eigenvalue weighted by atomic mass is 16.6. The molecule has 1 atom stereocenters. The van der Waals surface area contributed by atoms with E-state index in [9.17, 15) is 14.4 Å². The molecule has 1 unspecified atom stereocenters. The summed E-state index contributed by atoms with van der Waals surface area (Å²) in [6.45, 7) is 1.85. The van der Waals surface area contributed by atoms with Crippen molar-refractivity contribution in [1.29, 1.82) is 0 Å². The summed E-state index contributed by atoms with van der Waals surface area (Å²) in [6, 6.07) is 8.30. The van der Waals surface area contributed by atoms with Crippen LogP contribution in [0.15, 0.2) is 30.3 Å². The van der Waals surface area contributed by atoms with Crippen molar-refractivity contribution in [3.8, 4) is 0 Å². The Kier molecular flexibility index (Phi) is 2.91. The van der Waals surface area contributed by atoms with E-state index in [0.29, 0.717) is 5.56 Å². The first-order valence-corrected chi connectivity index (χ1v) is 5.26. The van der Waals surface area contributed by atoms with Gasteiger partial charge in [-0.3, -0.25) is 9.59 Å². The van der Waals surface area contributed by atoms with E-state index in [1.165, 1.54) is 0 Å². The summed E-state index contributed by atoms with van der Waals surface area (Å²) >= 11 is 0. The first-order chi connectivity index (χ1) is 8.15. The number of likely N-dealkylation sites (N-methyl/N-ethyl adjacent to an activating group) is 1. The SMILES string of the molecule is CCN1C(=O)OC(C(=O)c2ccccc2)C1=O. The molecule has 17 heavy (non-hydrogen) atoms. The molecular formula is C12H11NO4. The minimum atomic E-state index is -1.33. The number of ether oxygens (including phenoxy) is 1. The number of benzene rings is 1. The van der Waals surface area contributed by atoms with Crippen LogP contribution >= 0.6 is 0 Å². The molecule has 5 heteroatoms.